The monoisotopic (exact) mass is 381 g/mol. The molecule has 120 valence electrons. The summed E-state index contributed by atoms with van der Waals surface area (Å²) in [4.78, 5) is 30.0. The molecule has 0 aliphatic heterocycles. The molecule has 2 rings (SSSR count). The number of methoxy groups -OCH3 is 1. The molecule has 9 heteroatoms. The van der Waals surface area contributed by atoms with Crippen LogP contribution >= 0.6 is 15.9 Å². The summed E-state index contributed by atoms with van der Waals surface area (Å²) in [6.45, 7) is 1.76. The quantitative estimate of drug-likeness (QED) is 0.445. The van der Waals surface area contributed by atoms with Gasteiger partial charge < -0.3 is 9.47 Å². The van der Waals surface area contributed by atoms with Gasteiger partial charge in [-0.2, -0.15) is 0 Å². The number of benzene rings is 1. The van der Waals surface area contributed by atoms with Crippen LogP contribution in [0.1, 0.15) is 29.1 Å². The fourth-order valence-corrected chi connectivity index (χ4v) is 2.27. The number of hydrogen-bond acceptors (Lipinski definition) is 7. The summed E-state index contributed by atoms with van der Waals surface area (Å²) >= 11 is 3.21. The van der Waals surface area contributed by atoms with Crippen molar-refractivity contribution in [2.24, 2.45) is 0 Å². The Labute approximate surface area is 139 Å². The average molecular weight is 382 g/mol. The van der Waals surface area contributed by atoms with Crippen LogP contribution in [-0.2, 0) is 4.74 Å². The van der Waals surface area contributed by atoms with Crippen LogP contribution in [-0.4, -0.2) is 28.0 Å². The molecule has 2 aromatic rings. The smallest absolute Gasteiger partial charge is 0.345 e. The van der Waals surface area contributed by atoms with Gasteiger partial charge in [0.25, 0.3) is 5.69 Å². The topological polar surface area (TPSA) is 104 Å². The number of hydrogen-bond donors (Lipinski definition) is 0. The van der Waals surface area contributed by atoms with Crippen LogP contribution in [0.4, 0.5) is 5.69 Å². The van der Waals surface area contributed by atoms with Crippen molar-refractivity contribution in [1.29, 1.82) is 0 Å². The van der Waals surface area contributed by atoms with Crippen molar-refractivity contribution in [3.8, 4) is 5.75 Å². The molecule has 1 aromatic heterocycles. The zero-order chi connectivity index (χ0) is 17.0. The normalized spacial score (nSPS) is 11.6. The Morgan fingerprint density at radius 2 is 2.17 bits per heavy atom. The molecule has 0 saturated carbocycles. The summed E-state index contributed by atoms with van der Waals surface area (Å²) in [6, 6.07) is 4.16. The molecule has 0 spiro atoms. The SMILES string of the molecule is COC(=O)c1cc(OC(C)c2ccncn2)c(Br)cc1[N+](=O)[O-]. The molecule has 0 amide bonds. The van der Waals surface area contributed by atoms with E-state index in [1.165, 1.54) is 18.5 Å². The molecule has 1 unspecified atom stereocenters. The molecule has 23 heavy (non-hydrogen) atoms. The second-order valence-electron chi connectivity index (χ2n) is 4.44. The van der Waals surface area contributed by atoms with E-state index in [1.54, 1.807) is 19.2 Å². The van der Waals surface area contributed by atoms with E-state index in [2.05, 4.69) is 30.6 Å². The first kappa shape index (κ1) is 16.8. The third kappa shape index (κ3) is 3.81. The van der Waals surface area contributed by atoms with Gasteiger partial charge >= 0.3 is 5.97 Å². The molecular formula is C14H12BrN3O5. The number of nitrogens with zero attached hydrogens (tertiary/aromatic N) is 3. The standard InChI is InChI=1S/C14H12BrN3O5/c1-8(11-3-4-16-7-17-11)23-13-5-9(14(19)22-2)12(18(20)21)6-10(13)15/h3-8H,1-2H3. The molecule has 8 nitrogen and oxygen atoms in total. The predicted molar refractivity (Wildman–Crippen MR) is 83.2 cm³/mol. The summed E-state index contributed by atoms with van der Waals surface area (Å²) in [6.07, 6.45) is 2.52. The van der Waals surface area contributed by atoms with Gasteiger partial charge in [-0.3, -0.25) is 10.1 Å². The summed E-state index contributed by atoms with van der Waals surface area (Å²) in [5, 5.41) is 11.1. The third-order valence-corrected chi connectivity index (χ3v) is 3.60. The Hall–Kier alpha value is -2.55. The average Bonchev–Trinajstić information content (AvgIpc) is 2.56. The van der Waals surface area contributed by atoms with Crippen LogP contribution < -0.4 is 4.74 Å². The molecule has 0 aliphatic carbocycles. The van der Waals surface area contributed by atoms with Crippen LogP contribution in [0.3, 0.4) is 0 Å². The van der Waals surface area contributed by atoms with E-state index < -0.39 is 17.0 Å². The second kappa shape index (κ2) is 7.14. The van der Waals surface area contributed by atoms with Crippen molar-refractivity contribution in [1.82, 2.24) is 9.97 Å². The highest BCUT2D eigenvalue weighted by molar-refractivity contribution is 9.10. The first-order valence-electron chi connectivity index (χ1n) is 6.42. The van der Waals surface area contributed by atoms with Crippen LogP contribution in [0.2, 0.25) is 0 Å². The lowest BCUT2D eigenvalue weighted by molar-refractivity contribution is -0.385. The molecule has 0 saturated heterocycles. The van der Waals surface area contributed by atoms with E-state index in [1.807, 2.05) is 0 Å². The molecule has 0 radical (unpaired) electrons. The van der Waals surface area contributed by atoms with Crippen molar-refractivity contribution in [2.45, 2.75) is 13.0 Å². The fraction of sp³-hybridized carbons (Fsp3) is 0.214. The van der Waals surface area contributed by atoms with E-state index in [-0.39, 0.29) is 17.0 Å². The maximum Gasteiger partial charge on any atom is 0.345 e. The minimum atomic E-state index is -0.816. The Balaban J connectivity index is 2.39. The van der Waals surface area contributed by atoms with Crippen LogP contribution in [0.25, 0.3) is 0 Å². The number of rotatable bonds is 5. The van der Waals surface area contributed by atoms with Gasteiger partial charge in [-0.15, -0.1) is 0 Å². The molecular weight excluding hydrogens is 370 g/mol. The van der Waals surface area contributed by atoms with Crippen molar-refractivity contribution in [2.75, 3.05) is 7.11 Å². The third-order valence-electron chi connectivity index (χ3n) is 2.98. The molecule has 0 bridgehead atoms. The molecule has 0 aliphatic rings. The Kier molecular flexibility index (Phi) is 5.22. The Morgan fingerprint density at radius 1 is 1.43 bits per heavy atom. The molecule has 1 aromatic carbocycles. The lowest BCUT2D eigenvalue weighted by Gasteiger charge is -2.16. The molecule has 0 N–H and O–H groups in total. The number of aromatic nitrogens is 2. The molecule has 1 atom stereocenters. The van der Waals surface area contributed by atoms with E-state index in [9.17, 15) is 14.9 Å². The number of halogens is 1. The summed E-state index contributed by atoms with van der Waals surface area (Å²) in [5.74, 6) is -0.550. The maximum absolute atomic E-state index is 11.7. The van der Waals surface area contributed by atoms with Gasteiger partial charge in [0, 0.05) is 18.3 Å². The number of nitro groups is 1. The van der Waals surface area contributed by atoms with Gasteiger partial charge in [-0.1, -0.05) is 0 Å². The molecule has 0 fully saturated rings. The number of carbonyl (C=O) groups is 1. The minimum Gasteiger partial charge on any atom is -0.483 e. The van der Waals surface area contributed by atoms with Crippen LogP contribution in [0.5, 0.6) is 5.75 Å². The van der Waals surface area contributed by atoms with Gasteiger partial charge in [0.15, 0.2) is 0 Å². The van der Waals surface area contributed by atoms with Gasteiger partial charge in [-0.05, 0) is 28.9 Å². The zero-order valence-electron chi connectivity index (χ0n) is 12.2. The summed E-state index contributed by atoms with van der Waals surface area (Å²) in [7, 11) is 1.15. The van der Waals surface area contributed by atoms with Crippen LogP contribution in [0.15, 0.2) is 35.2 Å². The summed E-state index contributed by atoms with van der Waals surface area (Å²) in [5.41, 5.74) is 0.0706. The molecule has 1 heterocycles. The first-order chi connectivity index (χ1) is 10.9. The maximum atomic E-state index is 11.7. The minimum absolute atomic E-state index is 0.189. The Morgan fingerprint density at radius 3 is 2.74 bits per heavy atom. The van der Waals surface area contributed by atoms with Crippen molar-refractivity contribution in [3.63, 3.8) is 0 Å². The first-order valence-corrected chi connectivity index (χ1v) is 7.22. The van der Waals surface area contributed by atoms with Gasteiger partial charge in [0.05, 0.1) is 22.2 Å². The summed E-state index contributed by atoms with van der Waals surface area (Å²) < 4.78 is 10.7. The highest BCUT2D eigenvalue weighted by Gasteiger charge is 2.25. The predicted octanol–water partition coefficient (Wildman–Crippen LogP) is 3.07. The largest absolute Gasteiger partial charge is 0.483 e. The number of esters is 1. The van der Waals surface area contributed by atoms with Crippen LogP contribution in [0, 0.1) is 10.1 Å². The highest BCUT2D eigenvalue weighted by Crippen LogP contribution is 2.35. The van der Waals surface area contributed by atoms with Gasteiger partial charge in [-0.25, -0.2) is 14.8 Å². The fourth-order valence-electron chi connectivity index (χ4n) is 1.85. The lowest BCUT2D eigenvalue weighted by Crippen LogP contribution is -2.09. The van der Waals surface area contributed by atoms with E-state index in [0.29, 0.717) is 10.2 Å². The number of carbonyl (C=O) groups excluding carboxylic acids is 1. The zero-order valence-corrected chi connectivity index (χ0v) is 13.8. The number of nitro benzene ring substituents is 1. The van der Waals surface area contributed by atoms with Crippen molar-refractivity contribution in [3.05, 3.63) is 56.6 Å². The van der Waals surface area contributed by atoms with Gasteiger partial charge in [0.1, 0.15) is 23.7 Å². The van der Waals surface area contributed by atoms with Gasteiger partial charge in [0.2, 0.25) is 0 Å². The lowest BCUT2D eigenvalue weighted by atomic mass is 10.1. The van der Waals surface area contributed by atoms with E-state index in [4.69, 9.17) is 4.74 Å². The van der Waals surface area contributed by atoms with Crippen molar-refractivity contribution >= 4 is 27.6 Å². The second-order valence-corrected chi connectivity index (χ2v) is 5.30. The number of ether oxygens (including phenoxy) is 2. The Bertz CT molecular complexity index is 739. The highest BCUT2D eigenvalue weighted by atomic mass is 79.9. The van der Waals surface area contributed by atoms with Crippen molar-refractivity contribution < 1.29 is 19.2 Å². The van der Waals surface area contributed by atoms with E-state index >= 15 is 0 Å². The van der Waals surface area contributed by atoms with E-state index in [0.717, 1.165) is 7.11 Å².